The maximum atomic E-state index is 12.7. The summed E-state index contributed by atoms with van der Waals surface area (Å²) in [6.07, 6.45) is 0.839. The molecule has 32 heavy (non-hydrogen) atoms. The summed E-state index contributed by atoms with van der Waals surface area (Å²) in [6, 6.07) is 23.0. The Morgan fingerprint density at radius 1 is 0.969 bits per heavy atom. The number of nitrogens with one attached hydrogen (secondary N) is 1. The highest BCUT2D eigenvalue weighted by atomic mass is 32.2. The Bertz CT molecular complexity index is 1130. The minimum atomic E-state index is -3.65. The summed E-state index contributed by atoms with van der Waals surface area (Å²) in [7, 11) is -0.313. The molecule has 6 nitrogen and oxygen atoms in total. The van der Waals surface area contributed by atoms with Crippen LogP contribution in [0.15, 0.2) is 83.8 Å². The van der Waals surface area contributed by atoms with E-state index >= 15 is 0 Å². The SMILES string of the molecule is COc1ccc(N(C)C(=O)CCc2ccc(S(=O)(=O)N[C@H](C)c3ccccc3)cc2)cc1. The molecule has 0 bridgehead atoms. The number of amides is 1. The molecular weight excluding hydrogens is 424 g/mol. The van der Waals surface area contributed by atoms with Crippen molar-refractivity contribution in [3.63, 3.8) is 0 Å². The van der Waals surface area contributed by atoms with E-state index in [4.69, 9.17) is 4.74 Å². The third-order valence-electron chi connectivity index (χ3n) is 5.33. The van der Waals surface area contributed by atoms with Crippen LogP contribution < -0.4 is 14.4 Å². The molecule has 0 aliphatic rings. The number of rotatable bonds is 9. The second kappa shape index (κ2) is 10.4. The van der Waals surface area contributed by atoms with Gasteiger partial charge in [0.2, 0.25) is 15.9 Å². The van der Waals surface area contributed by atoms with E-state index in [1.54, 1.807) is 43.3 Å². The summed E-state index contributed by atoms with van der Waals surface area (Å²) in [5.74, 6) is 0.711. The first kappa shape index (κ1) is 23.5. The van der Waals surface area contributed by atoms with Crippen molar-refractivity contribution in [1.29, 1.82) is 0 Å². The summed E-state index contributed by atoms with van der Waals surface area (Å²) < 4.78 is 33.3. The molecule has 168 valence electrons. The molecule has 0 radical (unpaired) electrons. The monoisotopic (exact) mass is 452 g/mol. The molecule has 0 spiro atoms. The first-order valence-corrected chi connectivity index (χ1v) is 11.9. The van der Waals surface area contributed by atoms with Gasteiger partial charge in [-0.1, -0.05) is 42.5 Å². The maximum absolute atomic E-state index is 12.7. The van der Waals surface area contributed by atoms with Crippen molar-refractivity contribution in [3.05, 3.63) is 90.0 Å². The zero-order valence-corrected chi connectivity index (χ0v) is 19.3. The molecule has 1 N–H and O–H groups in total. The van der Waals surface area contributed by atoms with Gasteiger partial charge in [-0.2, -0.15) is 0 Å². The molecule has 0 aliphatic heterocycles. The van der Waals surface area contributed by atoms with Crippen molar-refractivity contribution in [1.82, 2.24) is 4.72 Å². The van der Waals surface area contributed by atoms with E-state index in [9.17, 15) is 13.2 Å². The molecule has 3 aromatic rings. The van der Waals surface area contributed by atoms with Gasteiger partial charge in [-0.3, -0.25) is 4.79 Å². The Morgan fingerprint density at radius 3 is 2.19 bits per heavy atom. The molecule has 0 saturated heterocycles. The normalized spacial score (nSPS) is 12.2. The fraction of sp³-hybridized carbons (Fsp3) is 0.240. The van der Waals surface area contributed by atoms with E-state index in [-0.39, 0.29) is 16.8 Å². The molecule has 3 rings (SSSR count). The first-order chi connectivity index (χ1) is 15.3. The highest BCUT2D eigenvalue weighted by Crippen LogP contribution is 2.20. The fourth-order valence-electron chi connectivity index (χ4n) is 3.31. The van der Waals surface area contributed by atoms with Crippen molar-refractivity contribution in [2.24, 2.45) is 0 Å². The zero-order valence-electron chi connectivity index (χ0n) is 18.5. The second-order valence-electron chi connectivity index (χ2n) is 7.55. The van der Waals surface area contributed by atoms with Gasteiger partial charge >= 0.3 is 0 Å². The van der Waals surface area contributed by atoms with E-state index in [1.807, 2.05) is 61.5 Å². The smallest absolute Gasteiger partial charge is 0.241 e. The number of ether oxygens (including phenoxy) is 1. The zero-order chi connectivity index (χ0) is 23.1. The second-order valence-corrected chi connectivity index (χ2v) is 9.26. The largest absolute Gasteiger partial charge is 0.497 e. The number of carbonyl (C=O) groups excluding carboxylic acids is 1. The molecular formula is C25H28N2O4S. The molecule has 0 aliphatic carbocycles. The Kier molecular flexibility index (Phi) is 7.66. The molecule has 1 atom stereocenters. The molecule has 7 heteroatoms. The summed E-state index contributed by atoms with van der Waals surface area (Å²) >= 11 is 0. The van der Waals surface area contributed by atoms with Gasteiger partial charge in [0.1, 0.15) is 5.75 Å². The quantitative estimate of drug-likeness (QED) is 0.524. The van der Waals surface area contributed by atoms with Gasteiger partial charge in [-0.15, -0.1) is 0 Å². The molecule has 0 unspecified atom stereocenters. The van der Waals surface area contributed by atoms with Crippen LogP contribution in [0.3, 0.4) is 0 Å². The van der Waals surface area contributed by atoms with Gasteiger partial charge in [0, 0.05) is 25.2 Å². The number of hydrogen-bond donors (Lipinski definition) is 1. The van der Waals surface area contributed by atoms with Gasteiger partial charge < -0.3 is 9.64 Å². The fourth-order valence-corrected chi connectivity index (χ4v) is 4.55. The van der Waals surface area contributed by atoms with Gasteiger partial charge in [0.05, 0.1) is 12.0 Å². The lowest BCUT2D eigenvalue weighted by Gasteiger charge is -2.18. The van der Waals surface area contributed by atoms with Gasteiger partial charge in [-0.05, 0) is 60.9 Å². The van der Waals surface area contributed by atoms with Crippen molar-refractivity contribution in [2.75, 3.05) is 19.1 Å². The Labute approximate surface area is 189 Å². The summed E-state index contributed by atoms with van der Waals surface area (Å²) in [6.45, 7) is 1.81. The lowest BCUT2D eigenvalue weighted by Crippen LogP contribution is -2.27. The average molecular weight is 453 g/mol. The standard InChI is InChI=1S/C25H28N2O4S/c1-19(21-7-5-4-6-8-21)26-32(29,30)24-16-9-20(10-17-24)11-18-25(28)27(2)22-12-14-23(31-3)15-13-22/h4-10,12-17,19,26H,11,18H2,1-3H3/t19-/m1/s1. The van der Waals surface area contributed by atoms with Crippen LogP contribution in [0.1, 0.15) is 30.5 Å². The predicted molar refractivity (Wildman–Crippen MR) is 126 cm³/mol. The van der Waals surface area contributed by atoms with E-state index in [0.29, 0.717) is 12.8 Å². The van der Waals surface area contributed by atoms with Crippen LogP contribution in [-0.4, -0.2) is 28.5 Å². The number of anilines is 1. The Hall–Kier alpha value is -3.16. The lowest BCUT2D eigenvalue weighted by atomic mass is 10.1. The van der Waals surface area contributed by atoms with Crippen LogP contribution in [0.25, 0.3) is 0 Å². The third kappa shape index (κ3) is 5.96. The number of methoxy groups -OCH3 is 1. The van der Waals surface area contributed by atoms with Gasteiger partial charge in [0.25, 0.3) is 0 Å². The number of carbonyl (C=O) groups is 1. The van der Waals surface area contributed by atoms with Crippen molar-refractivity contribution in [2.45, 2.75) is 30.7 Å². The van der Waals surface area contributed by atoms with Crippen molar-refractivity contribution in [3.8, 4) is 5.75 Å². The molecule has 0 saturated carbocycles. The average Bonchev–Trinajstić information content (AvgIpc) is 2.82. The van der Waals surface area contributed by atoms with E-state index in [1.165, 1.54) is 0 Å². The van der Waals surface area contributed by atoms with Crippen LogP contribution >= 0.6 is 0 Å². The van der Waals surface area contributed by atoms with Crippen molar-refractivity contribution < 1.29 is 17.9 Å². The molecule has 0 heterocycles. The Morgan fingerprint density at radius 2 is 1.59 bits per heavy atom. The minimum absolute atomic E-state index is 0.0229. The summed E-state index contributed by atoms with van der Waals surface area (Å²) in [4.78, 5) is 14.3. The maximum Gasteiger partial charge on any atom is 0.241 e. The van der Waals surface area contributed by atoms with Crippen LogP contribution in [-0.2, 0) is 21.2 Å². The van der Waals surface area contributed by atoms with Crippen LogP contribution in [0.5, 0.6) is 5.75 Å². The predicted octanol–water partition coefficient (Wildman–Crippen LogP) is 4.33. The minimum Gasteiger partial charge on any atom is -0.497 e. The number of hydrogen-bond acceptors (Lipinski definition) is 4. The number of aryl methyl sites for hydroxylation is 1. The van der Waals surface area contributed by atoms with Gasteiger partial charge in [0.15, 0.2) is 0 Å². The Balaban J connectivity index is 1.58. The molecule has 3 aromatic carbocycles. The molecule has 1 amide bonds. The first-order valence-electron chi connectivity index (χ1n) is 10.4. The molecule has 0 aromatic heterocycles. The highest BCUT2D eigenvalue weighted by Gasteiger charge is 2.18. The van der Waals surface area contributed by atoms with E-state index < -0.39 is 10.0 Å². The topological polar surface area (TPSA) is 75.7 Å². The number of sulfonamides is 1. The summed E-state index contributed by atoms with van der Waals surface area (Å²) in [5, 5.41) is 0. The van der Waals surface area contributed by atoms with E-state index in [0.717, 1.165) is 22.6 Å². The molecule has 0 fully saturated rings. The van der Waals surface area contributed by atoms with Crippen LogP contribution in [0.2, 0.25) is 0 Å². The van der Waals surface area contributed by atoms with Crippen LogP contribution in [0.4, 0.5) is 5.69 Å². The number of benzene rings is 3. The highest BCUT2D eigenvalue weighted by molar-refractivity contribution is 7.89. The van der Waals surface area contributed by atoms with Gasteiger partial charge in [-0.25, -0.2) is 13.1 Å². The van der Waals surface area contributed by atoms with Crippen molar-refractivity contribution >= 4 is 21.6 Å². The number of nitrogens with zero attached hydrogens (tertiary/aromatic N) is 1. The lowest BCUT2D eigenvalue weighted by molar-refractivity contribution is -0.118. The summed E-state index contributed by atoms with van der Waals surface area (Å²) in [5.41, 5.74) is 2.58. The van der Waals surface area contributed by atoms with Crippen LogP contribution in [0, 0.1) is 0 Å². The van der Waals surface area contributed by atoms with E-state index in [2.05, 4.69) is 4.72 Å². The third-order valence-corrected chi connectivity index (χ3v) is 6.88.